The van der Waals surface area contributed by atoms with E-state index >= 15 is 0 Å². The standard InChI is InChI=1S/C34H26ClN3O4/c1-42-27-13-7-6-12-26(27)38-32(40)30-29-22-8-2-4-10-24(22)34(31(30)33(38)41,25-11-5-3-9-23(25)29)19-36-37-28(39)18-20-14-16-21(35)17-15-20/h2-17,19,29-31H,18H2,1H3,(H,37,39)/b36-19-/t29?,30-,31+,34?/m1/s1. The number of carbonyl (C=O) groups excluding carboxylic acids is 3. The molecule has 1 aliphatic heterocycles. The number of amides is 3. The monoisotopic (exact) mass is 575 g/mol. The summed E-state index contributed by atoms with van der Waals surface area (Å²) in [5, 5.41) is 5.06. The summed E-state index contributed by atoms with van der Waals surface area (Å²) in [6.45, 7) is 0. The number of halogens is 1. The summed E-state index contributed by atoms with van der Waals surface area (Å²) in [5.74, 6) is -2.16. The summed E-state index contributed by atoms with van der Waals surface area (Å²) in [6.07, 6.45) is 1.77. The summed E-state index contributed by atoms with van der Waals surface area (Å²) in [4.78, 5) is 43.0. The zero-order chi connectivity index (χ0) is 29.0. The van der Waals surface area contributed by atoms with Gasteiger partial charge in [-0.2, -0.15) is 5.10 Å². The number of methoxy groups -OCH3 is 1. The van der Waals surface area contributed by atoms with Crippen molar-refractivity contribution in [1.82, 2.24) is 5.43 Å². The number of nitrogens with one attached hydrogen (secondary N) is 1. The molecule has 4 aromatic carbocycles. The Morgan fingerprint density at radius 3 is 2.19 bits per heavy atom. The largest absolute Gasteiger partial charge is 0.495 e. The van der Waals surface area contributed by atoms with Gasteiger partial charge in [-0.05, 0) is 52.1 Å². The fourth-order valence-corrected chi connectivity index (χ4v) is 7.26. The summed E-state index contributed by atoms with van der Waals surface area (Å²) < 4.78 is 5.55. The number of nitrogens with zero attached hydrogens (tertiary/aromatic N) is 2. The minimum absolute atomic E-state index is 0.113. The lowest BCUT2D eigenvalue weighted by Crippen LogP contribution is -2.54. The average molecular weight is 576 g/mol. The molecule has 3 aliphatic carbocycles. The van der Waals surface area contributed by atoms with Gasteiger partial charge in [0.05, 0.1) is 36.5 Å². The van der Waals surface area contributed by atoms with Crippen molar-refractivity contribution in [2.24, 2.45) is 16.9 Å². The van der Waals surface area contributed by atoms with Crippen LogP contribution in [0.2, 0.25) is 5.02 Å². The molecule has 0 aromatic heterocycles. The fraction of sp³-hybridized carbons (Fsp3) is 0.176. The van der Waals surface area contributed by atoms with E-state index in [-0.39, 0.29) is 30.1 Å². The van der Waals surface area contributed by atoms with E-state index in [4.69, 9.17) is 16.3 Å². The molecule has 8 rings (SSSR count). The molecule has 3 amide bonds. The predicted molar refractivity (Wildman–Crippen MR) is 160 cm³/mol. The van der Waals surface area contributed by atoms with E-state index in [2.05, 4.69) is 10.5 Å². The van der Waals surface area contributed by atoms with Crippen molar-refractivity contribution < 1.29 is 19.1 Å². The Morgan fingerprint density at radius 1 is 0.905 bits per heavy atom. The number of carbonyl (C=O) groups is 3. The number of hydrogen-bond acceptors (Lipinski definition) is 5. The highest BCUT2D eigenvalue weighted by atomic mass is 35.5. The Hall–Kier alpha value is -4.75. The molecular weight excluding hydrogens is 550 g/mol. The first-order chi connectivity index (χ1) is 20.5. The zero-order valence-electron chi connectivity index (χ0n) is 22.7. The van der Waals surface area contributed by atoms with Gasteiger partial charge < -0.3 is 4.74 Å². The van der Waals surface area contributed by atoms with Crippen LogP contribution < -0.4 is 15.1 Å². The van der Waals surface area contributed by atoms with Gasteiger partial charge in [-0.15, -0.1) is 0 Å². The van der Waals surface area contributed by atoms with Crippen LogP contribution in [0.25, 0.3) is 0 Å². The smallest absolute Gasteiger partial charge is 0.244 e. The maximum absolute atomic E-state index is 14.5. The summed E-state index contributed by atoms with van der Waals surface area (Å²) in [5.41, 5.74) is 6.59. The van der Waals surface area contributed by atoms with Crippen LogP contribution in [0.5, 0.6) is 5.75 Å². The van der Waals surface area contributed by atoms with Crippen LogP contribution in [0.1, 0.15) is 33.7 Å². The molecule has 2 atom stereocenters. The molecule has 0 radical (unpaired) electrons. The second-order valence-electron chi connectivity index (χ2n) is 10.8. The third-order valence-corrected chi connectivity index (χ3v) is 9.00. The number of anilines is 1. The minimum Gasteiger partial charge on any atom is -0.495 e. The van der Waals surface area contributed by atoms with Crippen LogP contribution >= 0.6 is 11.6 Å². The number of hydrazone groups is 1. The minimum atomic E-state index is -1.08. The quantitative estimate of drug-likeness (QED) is 0.193. The first-order valence-corrected chi connectivity index (χ1v) is 14.1. The van der Waals surface area contributed by atoms with Gasteiger partial charge in [0.15, 0.2) is 0 Å². The van der Waals surface area contributed by atoms with Gasteiger partial charge in [0.25, 0.3) is 0 Å². The normalized spacial score (nSPS) is 23.5. The van der Waals surface area contributed by atoms with Crippen molar-refractivity contribution in [3.63, 3.8) is 0 Å². The Morgan fingerprint density at radius 2 is 1.52 bits per heavy atom. The molecule has 4 aromatic rings. The van der Waals surface area contributed by atoms with Crippen LogP contribution in [0.15, 0.2) is 102 Å². The molecule has 42 heavy (non-hydrogen) atoms. The van der Waals surface area contributed by atoms with Gasteiger partial charge in [0.2, 0.25) is 17.7 Å². The molecule has 1 fully saturated rings. The molecule has 7 nitrogen and oxygen atoms in total. The molecule has 4 aliphatic rings. The maximum atomic E-state index is 14.5. The van der Waals surface area contributed by atoms with Crippen LogP contribution in [-0.2, 0) is 26.2 Å². The lowest BCUT2D eigenvalue weighted by Gasteiger charge is -2.52. The highest BCUT2D eigenvalue weighted by Gasteiger charge is 2.68. The first kappa shape index (κ1) is 26.2. The summed E-state index contributed by atoms with van der Waals surface area (Å²) in [7, 11) is 1.52. The number of rotatable bonds is 6. The van der Waals surface area contributed by atoms with Crippen LogP contribution in [0.3, 0.4) is 0 Å². The summed E-state index contributed by atoms with van der Waals surface area (Å²) >= 11 is 5.98. The first-order valence-electron chi connectivity index (χ1n) is 13.7. The molecular formula is C34H26ClN3O4. The highest BCUT2D eigenvalue weighted by molar-refractivity contribution is 6.30. The van der Waals surface area contributed by atoms with Crippen LogP contribution in [-0.4, -0.2) is 31.0 Å². The number of hydrogen-bond donors (Lipinski definition) is 1. The van der Waals surface area contributed by atoms with Crippen molar-refractivity contribution in [2.75, 3.05) is 12.0 Å². The second-order valence-corrected chi connectivity index (χ2v) is 11.2. The third-order valence-electron chi connectivity index (χ3n) is 8.75. The molecule has 1 N–H and O–H groups in total. The number of imide groups is 1. The van der Waals surface area contributed by atoms with E-state index in [9.17, 15) is 14.4 Å². The molecule has 0 saturated carbocycles. The topological polar surface area (TPSA) is 88.1 Å². The number of benzene rings is 4. The van der Waals surface area contributed by atoms with Crippen molar-refractivity contribution in [3.05, 3.63) is 130 Å². The fourth-order valence-electron chi connectivity index (χ4n) is 7.13. The Balaban J connectivity index is 1.35. The van der Waals surface area contributed by atoms with Gasteiger partial charge in [-0.1, -0.05) is 84.4 Å². The van der Waals surface area contributed by atoms with Crippen molar-refractivity contribution in [2.45, 2.75) is 17.8 Å². The third kappa shape index (κ3) is 3.73. The Kier molecular flexibility index (Phi) is 6.21. The zero-order valence-corrected chi connectivity index (χ0v) is 23.4. The van der Waals surface area contributed by atoms with Gasteiger partial charge in [-0.25, -0.2) is 10.3 Å². The van der Waals surface area contributed by atoms with Crippen molar-refractivity contribution >= 4 is 41.2 Å². The van der Waals surface area contributed by atoms with E-state index < -0.39 is 17.3 Å². The average Bonchev–Trinajstić information content (AvgIpc) is 3.28. The van der Waals surface area contributed by atoms with Crippen molar-refractivity contribution in [1.29, 1.82) is 0 Å². The number of ether oxygens (including phenoxy) is 1. The lowest BCUT2D eigenvalue weighted by atomic mass is 9.47. The molecule has 1 saturated heterocycles. The lowest BCUT2D eigenvalue weighted by molar-refractivity contribution is -0.123. The highest BCUT2D eigenvalue weighted by Crippen LogP contribution is 2.63. The Bertz CT molecular complexity index is 1740. The SMILES string of the molecule is COc1ccccc1N1C(=O)[C@@H]2C3c4ccccc4C(/C=N\NC(=O)Cc4ccc(Cl)cc4)(c4ccccc43)[C@@H]2C1=O. The van der Waals surface area contributed by atoms with E-state index in [1.807, 2.05) is 48.5 Å². The molecule has 0 unspecified atom stereocenters. The molecule has 2 bridgehead atoms. The number of para-hydroxylation sites is 2. The molecule has 8 heteroatoms. The van der Waals surface area contributed by atoms with Gasteiger partial charge in [-0.3, -0.25) is 14.4 Å². The predicted octanol–water partition coefficient (Wildman–Crippen LogP) is 5.24. The van der Waals surface area contributed by atoms with Gasteiger partial charge >= 0.3 is 0 Å². The van der Waals surface area contributed by atoms with Gasteiger partial charge in [0.1, 0.15) is 5.75 Å². The van der Waals surface area contributed by atoms with E-state index in [1.165, 1.54) is 12.0 Å². The Labute approximate surface area is 247 Å². The van der Waals surface area contributed by atoms with E-state index in [0.29, 0.717) is 16.5 Å². The molecule has 208 valence electrons. The van der Waals surface area contributed by atoms with Crippen molar-refractivity contribution in [3.8, 4) is 5.75 Å². The van der Waals surface area contributed by atoms with Gasteiger partial charge in [0, 0.05) is 17.2 Å². The second kappa shape index (κ2) is 9.96. The molecule has 1 heterocycles. The maximum Gasteiger partial charge on any atom is 0.244 e. The van der Waals surface area contributed by atoms with Crippen LogP contribution in [0.4, 0.5) is 5.69 Å². The van der Waals surface area contributed by atoms with Crippen LogP contribution in [0, 0.1) is 11.8 Å². The van der Waals surface area contributed by atoms with E-state index in [0.717, 1.165) is 27.8 Å². The van der Waals surface area contributed by atoms with E-state index in [1.54, 1.807) is 54.7 Å². The molecule has 0 spiro atoms. The summed E-state index contributed by atoms with van der Waals surface area (Å²) in [6, 6.07) is 29.9.